The van der Waals surface area contributed by atoms with Crippen LogP contribution < -0.4 is 5.32 Å². The highest BCUT2D eigenvalue weighted by molar-refractivity contribution is 6.30. The Kier molecular flexibility index (Phi) is 3.75. The van der Waals surface area contributed by atoms with Gasteiger partial charge in [0.05, 0.1) is 17.6 Å². The second-order valence-electron chi connectivity index (χ2n) is 4.94. The number of para-hydroxylation sites is 1. The minimum Gasteiger partial charge on any atom is -0.354 e. The van der Waals surface area contributed by atoms with Crippen LogP contribution in [0.1, 0.15) is 16.8 Å². The van der Waals surface area contributed by atoms with E-state index in [0.717, 1.165) is 11.8 Å². The lowest BCUT2D eigenvalue weighted by atomic mass is 10.1. The number of halogens is 1. The Hall–Kier alpha value is -2.14. The predicted molar refractivity (Wildman–Crippen MR) is 80.3 cm³/mol. The van der Waals surface area contributed by atoms with Crippen LogP contribution in [0.2, 0.25) is 5.15 Å². The molecule has 1 aromatic carbocycles. The van der Waals surface area contributed by atoms with Crippen LogP contribution >= 0.6 is 11.6 Å². The zero-order valence-electron chi connectivity index (χ0n) is 11.3. The van der Waals surface area contributed by atoms with Crippen LogP contribution in [0, 0.1) is 0 Å². The van der Waals surface area contributed by atoms with Gasteiger partial charge in [-0.05, 0) is 18.6 Å². The summed E-state index contributed by atoms with van der Waals surface area (Å²) in [5.41, 5.74) is 1.16. The van der Waals surface area contributed by atoms with Gasteiger partial charge < -0.3 is 10.2 Å². The molecule has 1 aliphatic heterocycles. The van der Waals surface area contributed by atoms with Gasteiger partial charge in [-0.2, -0.15) is 0 Å². The maximum absolute atomic E-state index is 12.7. The van der Waals surface area contributed by atoms with Crippen molar-refractivity contribution in [1.82, 2.24) is 15.2 Å². The number of carbonyl (C=O) groups is 2. The molecule has 5 nitrogen and oxygen atoms in total. The molecule has 2 heterocycles. The van der Waals surface area contributed by atoms with Gasteiger partial charge in [0, 0.05) is 18.5 Å². The van der Waals surface area contributed by atoms with Gasteiger partial charge in [0.15, 0.2) is 0 Å². The second-order valence-corrected chi connectivity index (χ2v) is 5.33. The highest BCUT2D eigenvalue weighted by Crippen LogP contribution is 2.22. The number of hydrogen-bond donors (Lipinski definition) is 1. The number of aromatic nitrogens is 1. The molecule has 1 N–H and O–H groups in total. The fraction of sp³-hybridized carbons (Fsp3) is 0.267. The van der Waals surface area contributed by atoms with Crippen LogP contribution in [0.4, 0.5) is 0 Å². The van der Waals surface area contributed by atoms with E-state index in [1.165, 1.54) is 0 Å². The molecule has 0 bridgehead atoms. The standard InChI is InChI=1S/C15H14ClN3O2/c16-13-8-11(10-4-1-2-5-12(10)18-13)15(21)19-7-3-6-17-14(20)9-19/h1-2,4-5,8H,3,6-7,9H2,(H,17,20). The highest BCUT2D eigenvalue weighted by atomic mass is 35.5. The Morgan fingerprint density at radius 1 is 1.33 bits per heavy atom. The van der Waals surface area contributed by atoms with Gasteiger partial charge in [-0.15, -0.1) is 0 Å². The van der Waals surface area contributed by atoms with E-state index in [1.807, 2.05) is 24.3 Å². The summed E-state index contributed by atoms with van der Waals surface area (Å²) in [5, 5.41) is 3.78. The molecule has 0 aliphatic carbocycles. The summed E-state index contributed by atoms with van der Waals surface area (Å²) in [5.74, 6) is -0.321. The fourth-order valence-corrected chi connectivity index (χ4v) is 2.67. The molecule has 0 atom stereocenters. The SMILES string of the molecule is O=C1CN(C(=O)c2cc(Cl)nc3ccccc23)CCCN1. The number of benzene rings is 1. The molecule has 2 amide bonds. The van der Waals surface area contributed by atoms with E-state index in [9.17, 15) is 9.59 Å². The van der Waals surface area contributed by atoms with E-state index in [0.29, 0.717) is 24.2 Å². The molecule has 1 fully saturated rings. The number of carbonyl (C=O) groups excluding carboxylic acids is 2. The zero-order valence-corrected chi connectivity index (χ0v) is 12.1. The Balaban J connectivity index is 2.02. The van der Waals surface area contributed by atoms with Crippen molar-refractivity contribution in [2.75, 3.05) is 19.6 Å². The maximum Gasteiger partial charge on any atom is 0.255 e. The predicted octanol–water partition coefficient (Wildman–Crippen LogP) is 1.85. The number of hydrogen-bond acceptors (Lipinski definition) is 3. The van der Waals surface area contributed by atoms with Crippen LogP contribution in [-0.2, 0) is 4.79 Å². The van der Waals surface area contributed by atoms with Crippen molar-refractivity contribution in [3.8, 4) is 0 Å². The second kappa shape index (κ2) is 5.69. The van der Waals surface area contributed by atoms with E-state index in [2.05, 4.69) is 10.3 Å². The quantitative estimate of drug-likeness (QED) is 0.818. The number of fused-ring (bicyclic) bond motifs is 1. The lowest BCUT2D eigenvalue weighted by Crippen LogP contribution is -2.37. The minimum absolute atomic E-state index is 0.0765. The molecule has 21 heavy (non-hydrogen) atoms. The summed E-state index contributed by atoms with van der Waals surface area (Å²) < 4.78 is 0. The molecule has 0 saturated carbocycles. The van der Waals surface area contributed by atoms with E-state index >= 15 is 0 Å². The van der Waals surface area contributed by atoms with Crippen molar-refractivity contribution in [3.05, 3.63) is 41.0 Å². The number of rotatable bonds is 1. The molecule has 0 radical (unpaired) electrons. The van der Waals surface area contributed by atoms with Crippen LogP contribution in [0.5, 0.6) is 0 Å². The number of pyridine rings is 1. The van der Waals surface area contributed by atoms with Crippen LogP contribution in [0.15, 0.2) is 30.3 Å². The molecule has 0 unspecified atom stereocenters. The van der Waals surface area contributed by atoms with Gasteiger partial charge in [0.1, 0.15) is 5.15 Å². The number of nitrogens with one attached hydrogen (secondary N) is 1. The minimum atomic E-state index is -0.187. The molecule has 3 rings (SSSR count). The Morgan fingerprint density at radius 3 is 3.00 bits per heavy atom. The van der Waals surface area contributed by atoms with Gasteiger partial charge in [-0.3, -0.25) is 9.59 Å². The van der Waals surface area contributed by atoms with Crippen molar-refractivity contribution in [3.63, 3.8) is 0 Å². The summed E-state index contributed by atoms with van der Waals surface area (Å²) in [4.78, 5) is 30.1. The molecule has 2 aromatic rings. The molecule has 1 saturated heterocycles. The molecular weight excluding hydrogens is 290 g/mol. The van der Waals surface area contributed by atoms with E-state index in [4.69, 9.17) is 11.6 Å². The van der Waals surface area contributed by atoms with Crippen molar-refractivity contribution < 1.29 is 9.59 Å². The largest absolute Gasteiger partial charge is 0.354 e. The maximum atomic E-state index is 12.7. The van der Waals surface area contributed by atoms with E-state index < -0.39 is 0 Å². The third kappa shape index (κ3) is 2.83. The van der Waals surface area contributed by atoms with E-state index in [-0.39, 0.29) is 23.5 Å². The summed E-state index contributed by atoms with van der Waals surface area (Å²) in [6.07, 6.45) is 0.744. The third-order valence-corrected chi connectivity index (χ3v) is 3.66. The van der Waals surface area contributed by atoms with Crippen molar-refractivity contribution in [2.45, 2.75) is 6.42 Å². The van der Waals surface area contributed by atoms with Gasteiger partial charge in [-0.1, -0.05) is 29.8 Å². The summed E-state index contributed by atoms with van der Waals surface area (Å²) in [6.45, 7) is 1.22. The van der Waals surface area contributed by atoms with Crippen LogP contribution in [0.3, 0.4) is 0 Å². The highest BCUT2D eigenvalue weighted by Gasteiger charge is 2.23. The summed E-state index contributed by atoms with van der Waals surface area (Å²) in [7, 11) is 0. The zero-order chi connectivity index (χ0) is 14.8. The molecule has 0 spiro atoms. The van der Waals surface area contributed by atoms with Crippen molar-refractivity contribution in [1.29, 1.82) is 0 Å². The lowest BCUT2D eigenvalue weighted by molar-refractivity contribution is -0.121. The number of nitrogens with zero attached hydrogens (tertiary/aromatic N) is 2. The molecule has 1 aliphatic rings. The monoisotopic (exact) mass is 303 g/mol. The van der Waals surface area contributed by atoms with Gasteiger partial charge >= 0.3 is 0 Å². The summed E-state index contributed by atoms with van der Waals surface area (Å²) in [6, 6.07) is 8.91. The fourth-order valence-electron chi connectivity index (χ4n) is 2.47. The van der Waals surface area contributed by atoms with Crippen molar-refractivity contribution in [2.24, 2.45) is 0 Å². The van der Waals surface area contributed by atoms with Gasteiger partial charge in [0.2, 0.25) is 5.91 Å². The van der Waals surface area contributed by atoms with E-state index in [1.54, 1.807) is 11.0 Å². The van der Waals surface area contributed by atoms with Crippen LogP contribution in [0.25, 0.3) is 10.9 Å². The average molecular weight is 304 g/mol. The number of amides is 2. The average Bonchev–Trinajstić information content (AvgIpc) is 2.70. The Bertz CT molecular complexity index is 717. The first-order valence-electron chi connectivity index (χ1n) is 6.76. The molecule has 6 heteroatoms. The third-order valence-electron chi connectivity index (χ3n) is 3.46. The van der Waals surface area contributed by atoms with Crippen LogP contribution in [-0.4, -0.2) is 41.3 Å². The molecule has 108 valence electrons. The topological polar surface area (TPSA) is 62.3 Å². The first-order valence-corrected chi connectivity index (χ1v) is 7.14. The smallest absolute Gasteiger partial charge is 0.255 e. The lowest BCUT2D eigenvalue weighted by Gasteiger charge is -2.20. The summed E-state index contributed by atoms with van der Waals surface area (Å²) >= 11 is 6.01. The molecule has 1 aromatic heterocycles. The normalized spacial score (nSPS) is 15.7. The first kappa shape index (κ1) is 13.8. The van der Waals surface area contributed by atoms with Crippen molar-refractivity contribution >= 4 is 34.3 Å². The van der Waals surface area contributed by atoms with Gasteiger partial charge in [0.25, 0.3) is 5.91 Å². The van der Waals surface area contributed by atoms with Gasteiger partial charge in [-0.25, -0.2) is 4.98 Å². The Morgan fingerprint density at radius 2 is 2.14 bits per heavy atom. The Labute approximate surface area is 126 Å². The molecular formula is C15H14ClN3O2. The first-order chi connectivity index (χ1) is 10.1.